The molecule has 0 saturated heterocycles. The minimum absolute atomic E-state index is 0.104. The molecule has 0 bridgehead atoms. The molecule has 17 heavy (non-hydrogen) atoms. The number of halogens is 1. The Morgan fingerprint density at radius 3 is 2.65 bits per heavy atom. The molecular formula is C13H12FNO2. The molecule has 2 aromatic rings. The fourth-order valence-corrected chi connectivity index (χ4v) is 1.47. The highest BCUT2D eigenvalue weighted by Gasteiger charge is 2.08. The fraction of sp³-hybridized carbons (Fsp3) is 0.154. The first-order chi connectivity index (χ1) is 8.31. The highest BCUT2D eigenvalue weighted by atomic mass is 19.1. The molecule has 0 saturated carbocycles. The summed E-state index contributed by atoms with van der Waals surface area (Å²) in [5.74, 6) is -0.364. The Balaban J connectivity index is 2.14. The van der Waals surface area contributed by atoms with Crippen molar-refractivity contribution in [1.82, 2.24) is 4.98 Å². The highest BCUT2D eigenvalue weighted by Crippen LogP contribution is 2.23. The molecule has 1 aromatic heterocycles. The molecule has 0 aliphatic carbocycles. The topological polar surface area (TPSA) is 42.4 Å². The van der Waals surface area contributed by atoms with Crippen LogP contribution in [-0.4, -0.2) is 10.1 Å². The van der Waals surface area contributed by atoms with Crippen molar-refractivity contribution >= 4 is 0 Å². The van der Waals surface area contributed by atoms with Crippen LogP contribution in [0.2, 0.25) is 0 Å². The van der Waals surface area contributed by atoms with Crippen molar-refractivity contribution in [2.45, 2.75) is 13.2 Å². The first-order valence-electron chi connectivity index (χ1n) is 5.21. The lowest BCUT2D eigenvalue weighted by atomic mass is 10.2. The molecule has 3 nitrogen and oxygen atoms in total. The van der Waals surface area contributed by atoms with Gasteiger partial charge >= 0.3 is 0 Å². The monoisotopic (exact) mass is 233 g/mol. The quantitative estimate of drug-likeness (QED) is 0.881. The van der Waals surface area contributed by atoms with E-state index in [4.69, 9.17) is 9.84 Å². The molecule has 0 aliphatic rings. The van der Waals surface area contributed by atoms with E-state index in [2.05, 4.69) is 4.98 Å². The number of benzene rings is 1. The van der Waals surface area contributed by atoms with Crippen LogP contribution in [0.1, 0.15) is 11.1 Å². The summed E-state index contributed by atoms with van der Waals surface area (Å²) in [5, 5.41) is 9.08. The van der Waals surface area contributed by atoms with Crippen molar-refractivity contribution in [1.29, 1.82) is 0 Å². The van der Waals surface area contributed by atoms with Crippen molar-refractivity contribution in [2.75, 3.05) is 0 Å². The van der Waals surface area contributed by atoms with Gasteiger partial charge in [0.25, 0.3) is 0 Å². The minimum atomic E-state index is -0.467. The summed E-state index contributed by atoms with van der Waals surface area (Å²) in [6.07, 6.45) is 3.29. The molecule has 0 fully saturated rings. The van der Waals surface area contributed by atoms with Gasteiger partial charge in [-0.1, -0.05) is 12.1 Å². The van der Waals surface area contributed by atoms with Crippen LogP contribution in [0, 0.1) is 5.82 Å². The number of hydrogen-bond acceptors (Lipinski definition) is 3. The van der Waals surface area contributed by atoms with Gasteiger partial charge in [0.1, 0.15) is 6.61 Å². The lowest BCUT2D eigenvalue weighted by Gasteiger charge is -2.10. The number of nitrogens with zero attached hydrogens (tertiary/aromatic N) is 1. The highest BCUT2D eigenvalue weighted by molar-refractivity contribution is 5.34. The lowest BCUT2D eigenvalue weighted by Crippen LogP contribution is -2.01. The van der Waals surface area contributed by atoms with Crippen molar-refractivity contribution in [3.63, 3.8) is 0 Å². The zero-order chi connectivity index (χ0) is 12.1. The van der Waals surface area contributed by atoms with Crippen molar-refractivity contribution < 1.29 is 14.2 Å². The normalized spacial score (nSPS) is 10.2. The van der Waals surface area contributed by atoms with Crippen LogP contribution in [0.5, 0.6) is 5.75 Å². The van der Waals surface area contributed by atoms with Gasteiger partial charge in [-0.3, -0.25) is 4.98 Å². The summed E-state index contributed by atoms with van der Waals surface area (Å²) in [4.78, 5) is 3.88. The molecule has 1 heterocycles. The third-order valence-corrected chi connectivity index (χ3v) is 2.35. The van der Waals surface area contributed by atoms with E-state index in [0.717, 1.165) is 5.56 Å². The Hall–Kier alpha value is -1.94. The first kappa shape index (κ1) is 11.5. The average Bonchev–Trinajstić information content (AvgIpc) is 2.38. The summed E-state index contributed by atoms with van der Waals surface area (Å²) in [6.45, 7) is -0.000107. The van der Waals surface area contributed by atoms with Gasteiger partial charge in [-0.15, -0.1) is 0 Å². The SMILES string of the molecule is OCc1cccc(F)c1OCc1ccncc1. The second-order valence-electron chi connectivity index (χ2n) is 3.53. The molecule has 0 amide bonds. The summed E-state index contributed by atoms with van der Waals surface area (Å²) >= 11 is 0. The first-order valence-corrected chi connectivity index (χ1v) is 5.21. The van der Waals surface area contributed by atoms with Crippen LogP contribution in [-0.2, 0) is 13.2 Å². The molecule has 0 radical (unpaired) electrons. The maximum absolute atomic E-state index is 13.5. The standard InChI is InChI=1S/C13H12FNO2/c14-12-3-1-2-11(8-16)13(12)17-9-10-4-6-15-7-5-10/h1-7,16H,8-9H2. The van der Waals surface area contributed by atoms with Crippen molar-refractivity contribution in [3.05, 3.63) is 59.7 Å². The molecule has 88 valence electrons. The van der Waals surface area contributed by atoms with E-state index in [0.29, 0.717) is 5.56 Å². The molecule has 1 N–H and O–H groups in total. The fourth-order valence-electron chi connectivity index (χ4n) is 1.47. The van der Waals surface area contributed by atoms with Crippen molar-refractivity contribution in [2.24, 2.45) is 0 Å². The van der Waals surface area contributed by atoms with Gasteiger partial charge in [0.15, 0.2) is 11.6 Å². The molecule has 1 aromatic carbocycles. The van der Waals surface area contributed by atoms with E-state index in [1.807, 2.05) is 0 Å². The van der Waals surface area contributed by atoms with Crippen LogP contribution in [0.15, 0.2) is 42.7 Å². The third-order valence-electron chi connectivity index (χ3n) is 2.35. The van der Waals surface area contributed by atoms with E-state index >= 15 is 0 Å². The van der Waals surface area contributed by atoms with Gasteiger partial charge in [0, 0.05) is 18.0 Å². The molecule has 0 spiro atoms. The number of hydrogen-bond donors (Lipinski definition) is 1. The van der Waals surface area contributed by atoms with E-state index in [-0.39, 0.29) is 19.0 Å². The van der Waals surface area contributed by atoms with Crippen LogP contribution in [0.25, 0.3) is 0 Å². The molecular weight excluding hydrogens is 221 g/mol. The maximum Gasteiger partial charge on any atom is 0.165 e. The van der Waals surface area contributed by atoms with Gasteiger partial charge < -0.3 is 9.84 Å². The lowest BCUT2D eigenvalue weighted by molar-refractivity contribution is 0.251. The van der Waals surface area contributed by atoms with E-state index in [9.17, 15) is 4.39 Å². The van der Waals surface area contributed by atoms with Gasteiger partial charge in [-0.2, -0.15) is 0 Å². The zero-order valence-electron chi connectivity index (χ0n) is 9.14. The van der Waals surface area contributed by atoms with Crippen LogP contribution < -0.4 is 4.74 Å². The van der Waals surface area contributed by atoms with Crippen LogP contribution >= 0.6 is 0 Å². The van der Waals surface area contributed by atoms with E-state index < -0.39 is 5.82 Å². The summed E-state index contributed by atoms with van der Waals surface area (Å²) in [5.41, 5.74) is 1.34. The Labute approximate surface area is 98.5 Å². The maximum atomic E-state index is 13.5. The summed E-state index contributed by atoms with van der Waals surface area (Å²) < 4.78 is 18.9. The number of rotatable bonds is 4. The van der Waals surface area contributed by atoms with E-state index in [1.54, 1.807) is 36.7 Å². The predicted molar refractivity (Wildman–Crippen MR) is 60.9 cm³/mol. The summed E-state index contributed by atoms with van der Waals surface area (Å²) in [6, 6.07) is 8.06. The predicted octanol–water partition coefficient (Wildman–Crippen LogP) is 2.29. The number of aliphatic hydroxyl groups excluding tert-OH is 1. The van der Waals surface area contributed by atoms with Gasteiger partial charge in [-0.25, -0.2) is 4.39 Å². The second-order valence-corrected chi connectivity index (χ2v) is 3.53. The molecule has 4 heteroatoms. The zero-order valence-corrected chi connectivity index (χ0v) is 9.14. The molecule has 0 atom stereocenters. The van der Waals surface area contributed by atoms with Crippen molar-refractivity contribution in [3.8, 4) is 5.75 Å². The van der Waals surface area contributed by atoms with Crippen LogP contribution in [0.4, 0.5) is 4.39 Å². The van der Waals surface area contributed by atoms with Gasteiger partial charge in [0.2, 0.25) is 0 Å². The number of aliphatic hydroxyl groups is 1. The summed E-state index contributed by atoms with van der Waals surface area (Å²) in [7, 11) is 0. The Bertz CT molecular complexity index is 488. The van der Waals surface area contributed by atoms with Gasteiger partial charge in [-0.05, 0) is 23.8 Å². The number of ether oxygens (including phenoxy) is 1. The largest absolute Gasteiger partial charge is 0.485 e. The molecule has 0 unspecified atom stereocenters. The molecule has 0 aliphatic heterocycles. The average molecular weight is 233 g/mol. The third kappa shape index (κ3) is 2.79. The Kier molecular flexibility index (Phi) is 3.67. The number of para-hydroxylation sites is 1. The van der Waals surface area contributed by atoms with Crippen LogP contribution in [0.3, 0.4) is 0 Å². The van der Waals surface area contributed by atoms with E-state index in [1.165, 1.54) is 6.07 Å². The minimum Gasteiger partial charge on any atom is -0.485 e. The number of pyridine rings is 1. The number of aromatic nitrogens is 1. The molecule has 2 rings (SSSR count). The Morgan fingerprint density at radius 1 is 1.18 bits per heavy atom. The smallest absolute Gasteiger partial charge is 0.165 e. The van der Waals surface area contributed by atoms with Gasteiger partial charge in [0.05, 0.1) is 6.61 Å². The Morgan fingerprint density at radius 2 is 1.94 bits per heavy atom. The second kappa shape index (κ2) is 5.41.